The minimum absolute atomic E-state index is 0.107. The van der Waals surface area contributed by atoms with Crippen molar-refractivity contribution in [2.45, 2.75) is 6.42 Å². The van der Waals surface area contributed by atoms with Crippen LogP contribution in [0.3, 0.4) is 0 Å². The summed E-state index contributed by atoms with van der Waals surface area (Å²) in [6.07, 6.45) is -0.107. The quantitative estimate of drug-likeness (QED) is 0.422. The first-order chi connectivity index (χ1) is 5.70. The Labute approximate surface area is 78.8 Å². The second-order valence-corrected chi connectivity index (χ2v) is 2.92. The predicted molar refractivity (Wildman–Crippen MR) is 40.4 cm³/mol. The van der Waals surface area contributed by atoms with E-state index in [0.717, 1.165) is 0 Å². The molecular weight excluding hydrogens is 196 g/mol. The van der Waals surface area contributed by atoms with Crippen LogP contribution in [-0.2, 0) is 20.8 Å². The van der Waals surface area contributed by atoms with Crippen LogP contribution in [0.15, 0.2) is 30.3 Å². The number of hydrogen-bond acceptors (Lipinski definition) is 2. The van der Waals surface area contributed by atoms with Crippen LogP contribution in [0.4, 0.5) is 0 Å². The summed E-state index contributed by atoms with van der Waals surface area (Å²) in [5.41, 5.74) is 0.564. The molecule has 0 amide bonds. The molecule has 0 bridgehead atoms. The topological polar surface area (TPSA) is 34.1 Å². The van der Waals surface area contributed by atoms with Crippen LogP contribution in [0.1, 0.15) is 16.8 Å². The molecule has 0 spiro atoms. The van der Waals surface area contributed by atoms with E-state index in [0.29, 0.717) is 5.56 Å². The van der Waals surface area contributed by atoms with Crippen LogP contribution in [0.25, 0.3) is 0 Å². The Bertz CT molecular complexity index is 293. The maximum atomic E-state index is 11.2. The SMILES string of the molecule is O=[C]([Fe])CC(=O)c1ccccc1. The van der Waals surface area contributed by atoms with Crippen LogP contribution >= 0.6 is 0 Å². The molecule has 0 radical (unpaired) electrons. The molecule has 0 aliphatic heterocycles. The molecule has 3 heteroatoms. The van der Waals surface area contributed by atoms with Crippen molar-refractivity contribution in [3.8, 4) is 0 Å². The maximum absolute atomic E-state index is 11.2. The first-order valence-corrected chi connectivity index (χ1v) is 4.00. The van der Waals surface area contributed by atoms with E-state index in [1.54, 1.807) is 24.3 Å². The van der Waals surface area contributed by atoms with E-state index in [2.05, 4.69) is 16.0 Å². The molecular formula is C9H7FeO2. The zero-order valence-corrected chi connectivity index (χ0v) is 7.37. The molecule has 0 heterocycles. The van der Waals surface area contributed by atoms with Gasteiger partial charge in [-0.1, -0.05) is 0 Å². The van der Waals surface area contributed by atoms with E-state index < -0.39 is 0 Å². The molecule has 0 saturated carbocycles. The van der Waals surface area contributed by atoms with Crippen LogP contribution in [0.2, 0.25) is 0 Å². The first kappa shape index (κ1) is 9.17. The summed E-state index contributed by atoms with van der Waals surface area (Å²) in [4.78, 5) is 21.7. The number of rotatable bonds is 3. The monoisotopic (exact) mass is 203 g/mol. The van der Waals surface area contributed by atoms with Gasteiger partial charge in [0.1, 0.15) is 0 Å². The van der Waals surface area contributed by atoms with Gasteiger partial charge in [0.15, 0.2) is 0 Å². The predicted octanol–water partition coefficient (Wildman–Crippen LogP) is 1.33. The molecule has 0 fully saturated rings. The molecule has 2 nitrogen and oxygen atoms in total. The number of carbonyl (C=O) groups is 2. The Balaban J connectivity index is 2.73. The van der Waals surface area contributed by atoms with E-state index >= 15 is 0 Å². The summed E-state index contributed by atoms with van der Waals surface area (Å²) in [5.74, 6) is -0.171. The molecule has 0 atom stereocenters. The summed E-state index contributed by atoms with van der Waals surface area (Å²) >= 11 is 3.14. The first-order valence-electron chi connectivity index (χ1n) is 3.45. The number of Topliss-reactive ketones (excluding diaryl/α,β-unsaturated/α-hetero) is 1. The Morgan fingerprint density at radius 1 is 1.17 bits per heavy atom. The molecule has 1 aromatic carbocycles. The number of carbonyl (C=O) groups excluding carboxylic acids is 2. The zero-order valence-electron chi connectivity index (χ0n) is 6.26. The molecule has 0 aliphatic carbocycles. The van der Waals surface area contributed by atoms with Gasteiger partial charge in [-0.25, -0.2) is 0 Å². The summed E-state index contributed by atoms with van der Waals surface area (Å²) < 4.78 is -0.344. The van der Waals surface area contributed by atoms with Gasteiger partial charge >= 0.3 is 78.4 Å². The number of benzene rings is 1. The third kappa shape index (κ3) is 2.61. The normalized spacial score (nSPS) is 9.42. The third-order valence-corrected chi connectivity index (χ3v) is 1.59. The fourth-order valence-corrected chi connectivity index (χ4v) is 1.03. The Morgan fingerprint density at radius 3 is 2.25 bits per heavy atom. The summed E-state index contributed by atoms with van der Waals surface area (Å²) in [5, 5.41) is 0. The van der Waals surface area contributed by atoms with E-state index in [-0.39, 0.29) is 16.9 Å². The second kappa shape index (κ2) is 4.19. The number of hydrogen-bond donors (Lipinski definition) is 0. The molecule has 0 unspecified atom stereocenters. The van der Waals surface area contributed by atoms with Crippen molar-refractivity contribution in [1.29, 1.82) is 0 Å². The fourth-order valence-electron chi connectivity index (χ4n) is 0.848. The van der Waals surface area contributed by atoms with Crippen molar-refractivity contribution >= 4 is 10.5 Å². The fraction of sp³-hybridized carbons (Fsp3) is 0.111. The van der Waals surface area contributed by atoms with Crippen molar-refractivity contribution in [3.05, 3.63) is 35.9 Å². The molecule has 12 heavy (non-hydrogen) atoms. The molecule has 0 N–H and O–H groups in total. The zero-order chi connectivity index (χ0) is 8.97. The molecule has 1 rings (SSSR count). The van der Waals surface area contributed by atoms with E-state index in [4.69, 9.17) is 0 Å². The Hall–Kier alpha value is -0.921. The van der Waals surface area contributed by atoms with Gasteiger partial charge < -0.3 is 0 Å². The van der Waals surface area contributed by atoms with Crippen LogP contribution < -0.4 is 0 Å². The summed E-state index contributed by atoms with van der Waals surface area (Å²) in [6, 6.07) is 8.72. The van der Waals surface area contributed by atoms with Gasteiger partial charge in [0.25, 0.3) is 0 Å². The third-order valence-electron chi connectivity index (χ3n) is 1.39. The van der Waals surface area contributed by atoms with Crippen molar-refractivity contribution in [2.75, 3.05) is 0 Å². The summed E-state index contributed by atoms with van der Waals surface area (Å²) in [6.45, 7) is 0. The van der Waals surface area contributed by atoms with Gasteiger partial charge in [0.2, 0.25) is 0 Å². The molecule has 0 saturated heterocycles. The van der Waals surface area contributed by atoms with Gasteiger partial charge in [-0.2, -0.15) is 0 Å². The second-order valence-electron chi connectivity index (χ2n) is 2.31. The molecule has 0 aliphatic rings. The average molecular weight is 203 g/mol. The van der Waals surface area contributed by atoms with E-state index in [9.17, 15) is 9.59 Å². The number of ketones is 1. The van der Waals surface area contributed by atoms with Gasteiger partial charge in [0.05, 0.1) is 0 Å². The molecule has 1 aromatic rings. The van der Waals surface area contributed by atoms with Gasteiger partial charge in [-0.05, 0) is 0 Å². The van der Waals surface area contributed by atoms with Crippen LogP contribution in [0, 0.1) is 0 Å². The average Bonchev–Trinajstić information content (AvgIpc) is 2.05. The van der Waals surface area contributed by atoms with Crippen molar-refractivity contribution in [2.24, 2.45) is 0 Å². The van der Waals surface area contributed by atoms with Gasteiger partial charge in [-0.15, -0.1) is 0 Å². The minimum atomic E-state index is -0.344. The van der Waals surface area contributed by atoms with Crippen molar-refractivity contribution in [1.82, 2.24) is 0 Å². The molecule has 0 aromatic heterocycles. The van der Waals surface area contributed by atoms with Crippen molar-refractivity contribution < 1.29 is 25.6 Å². The molecule has 63 valence electrons. The van der Waals surface area contributed by atoms with Crippen molar-refractivity contribution in [3.63, 3.8) is 0 Å². The van der Waals surface area contributed by atoms with Gasteiger partial charge in [0, 0.05) is 0 Å². The summed E-state index contributed by atoms with van der Waals surface area (Å²) in [7, 11) is 0. The van der Waals surface area contributed by atoms with Gasteiger partial charge in [-0.3, -0.25) is 0 Å². The van der Waals surface area contributed by atoms with Crippen LogP contribution in [-0.4, -0.2) is 10.5 Å². The van der Waals surface area contributed by atoms with E-state index in [1.807, 2.05) is 6.07 Å². The Kier molecular flexibility index (Phi) is 3.20. The van der Waals surface area contributed by atoms with E-state index in [1.165, 1.54) is 0 Å². The van der Waals surface area contributed by atoms with Crippen LogP contribution in [0.5, 0.6) is 0 Å². The standard InChI is InChI=1S/C9H7O2.Fe/c10-7-6-9(11)8-4-2-1-3-5-8;/h1-5H,6H2;. The Morgan fingerprint density at radius 2 is 1.75 bits per heavy atom.